The van der Waals surface area contributed by atoms with Gasteiger partial charge in [0, 0.05) is 16.5 Å². The molecular formula is C14H17Br. The lowest BCUT2D eigenvalue weighted by molar-refractivity contribution is 0.737. The van der Waals surface area contributed by atoms with Crippen molar-refractivity contribution in [2.75, 3.05) is 0 Å². The highest BCUT2D eigenvalue weighted by atomic mass is 79.9. The van der Waals surface area contributed by atoms with E-state index in [2.05, 4.69) is 59.8 Å². The largest absolute Gasteiger partial charge is 0.0979 e. The first-order valence-corrected chi connectivity index (χ1v) is 6.28. The van der Waals surface area contributed by atoms with E-state index in [1.807, 2.05) is 0 Å². The number of halogens is 1. The van der Waals surface area contributed by atoms with Crippen LogP contribution in [0, 0.1) is 18.8 Å². The average Bonchev–Trinajstić information content (AvgIpc) is 2.23. The summed E-state index contributed by atoms with van der Waals surface area (Å²) in [5.41, 5.74) is 2.36. The van der Waals surface area contributed by atoms with Crippen molar-refractivity contribution in [2.45, 2.75) is 39.5 Å². The number of hydrogen-bond acceptors (Lipinski definition) is 0. The van der Waals surface area contributed by atoms with Crippen molar-refractivity contribution in [1.82, 2.24) is 0 Å². The molecule has 0 aliphatic heterocycles. The summed E-state index contributed by atoms with van der Waals surface area (Å²) in [5.74, 6) is 6.42. The average molecular weight is 265 g/mol. The highest BCUT2D eigenvalue weighted by molar-refractivity contribution is 9.10. The molecule has 0 saturated carbocycles. The SMILES string of the molecule is CCCCCC#Cc1ccc(Br)c(C)c1. The fourth-order valence-corrected chi connectivity index (χ4v) is 1.60. The summed E-state index contributed by atoms with van der Waals surface area (Å²) in [5, 5.41) is 0. The molecule has 0 fully saturated rings. The Kier molecular flexibility index (Phi) is 5.50. The van der Waals surface area contributed by atoms with E-state index in [1.54, 1.807) is 0 Å². The molecule has 0 heterocycles. The first kappa shape index (κ1) is 12.3. The second-order valence-electron chi connectivity index (χ2n) is 3.72. The molecule has 0 N–H and O–H groups in total. The van der Waals surface area contributed by atoms with Crippen molar-refractivity contribution < 1.29 is 0 Å². The zero-order valence-electron chi connectivity index (χ0n) is 9.44. The Bertz CT molecular complexity index is 369. The van der Waals surface area contributed by atoms with Crippen LogP contribution < -0.4 is 0 Å². The summed E-state index contributed by atoms with van der Waals surface area (Å²) in [4.78, 5) is 0. The number of hydrogen-bond donors (Lipinski definition) is 0. The zero-order valence-corrected chi connectivity index (χ0v) is 11.0. The molecule has 0 bridgehead atoms. The van der Waals surface area contributed by atoms with Crippen LogP contribution >= 0.6 is 15.9 Å². The monoisotopic (exact) mass is 264 g/mol. The summed E-state index contributed by atoms with van der Waals surface area (Å²) in [6.07, 6.45) is 4.79. The van der Waals surface area contributed by atoms with E-state index in [0.29, 0.717) is 0 Å². The third-order valence-electron chi connectivity index (χ3n) is 2.30. The van der Waals surface area contributed by atoms with E-state index in [-0.39, 0.29) is 0 Å². The molecule has 1 heteroatoms. The Morgan fingerprint density at radius 3 is 2.73 bits per heavy atom. The van der Waals surface area contributed by atoms with Gasteiger partial charge in [0.05, 0.1) is 0 Å². The van der Waals surface area contributed by atoms with Crippen LogP contribution in [0.1, 0.15) is 43.7 Å². The van der Waals surface area contributed by atoms with Crippen LogP contribution in [-0.2, 0) is 0 Å². The van der Waals surface area contributed by atoms with Crippen molar-refractivity contribution in [1.29, 1.82) is 0 Å². The summed E-state index contributed by atoms with van der Waals surface area (Å²) in [6.45, 7) is 4.30. The second kappa shape index (κ2) is 6.69. The van der Waals surface area contributed by atoms with E-state index in [1.165, 1.54) is 24.8 Å². The molecule has 0 unspecified atom stereocenters. The van der Waals surface area contributed by atoms with Crippen LogP contribution in [-0.4, -0.2) is 0 Å². The van der Waals surface area contributed by atoms with Crippen molar-refractivity contribution in [2.24, 2.45) is 0 Å². The van der Waals surface area contributed by atoms with Crippen LogP contribution in [0.4, 0.5) is 0 Å². The highest BCUT2D eigenvalue weighted by Gasteiger charge is 1.93. The van der Waals surface area contributed by atoms with Gasteiger partial charge in [-0.3, -0.25) is 0 Å². The topological polar surface area (TPSA) is 0 Å². The van der Waals surface area contributed by atoms with Gasteiger partial charge in [0.1, 0.15) is 0 Å². The van der Waals surface area contributed by atoms with Crippen molar-refractivity contribution in [3.8, 4) is 11.8 Å². The molecule has 0 radical (unpaired) electrons. The molecule has 0 amide bonds. The molecular weight excluding hydrogens is 248 g/mol. The number of unbranched alkanes of at least 4 members (excludes halogenated alkanes) is 3. The Labute approximate surface area is 101 Å². The van der Waals surface area contributed by atoms with Gasteiger partial charge in [-0.1, -0.05) is 47.5 Å². The molecule has 0 saturated heterocycles. The summed E-state index contributed by atoms with van der Waals surface area (Å²) in [7, 11) is 0. The van der Waals surface area contributed by atoms with Crippen LogP contribution in [0.15, 0.2) is 22.7 Å². The van der Waals surface area contributed by atoms with Crippen LogP contribution in [0.2, 0.25) is 0 Å². The second-order valence-corrected chi connectivity index (χ2v) is 4.58. The van der Waals surface area contributed by atoms with Gasteiger partial charge in [-0.15, -0.1) is 0 Å². The smallest absolute Gasteiger partial charge is 0.0248 e. The van der Waals surface area contributed by atoms with Gasteiger partial charge in [-0.05, 0) is 37.1 Å². The van der Waals surface area contributed by atoms with Gasteiger partial charge in [0.2, 0.25) is 0 Å². The predicted molar refractivity (Wildman–Crippen MR) is 69.9 cm³/mol. The number of benzene rings is 1. The van der Waals surface area contributed by atoms with Gasteiger partial charge >= 0.3 is 0 Å². The van der Waals surface area contributed by atoms with E-state index >= 15 is 0 Å². The van der Waals surface area contributed by atoms with Gasteiger partial charge in [-0.25, -0.2) is 0 Å². The quantitative estimate of drug-likeness (QED) is 0.549. The fraction of sp³-hybridized carbons (Fsp3) is 0.429. The first-order valence-electron chi connectivity index (χ1n) is 5.49. The molecule has 0 aromatic heterocycles. The highest BCUT2D eigenvalue weighted by Crippen LogP contribution is 2.16. The molecule has 0 aliphatic rings. The standard InChI is InChI=1S/C14H17Br/c1-3-4-5-6-7-8-13-9-10-14(15)12(2)11-13/h9-11H,3-6H2,1-2H3. The molecule has 80 valence electrons. The summed E-state index contributed by atoms with van der Waals surface area (Å²) < 4.78 is 1.15. The molecule has 1 rings (SSSR count). The molecule has 0 aliphatic carbocycles. The Morgan fingerprint density at radius 2 is 2.07 bits per heavy atom. The lowest BCUT2D eigenvalue weighted by atomic mass is 10.1. The van der Waals surface area contributed by atoms with Crippen molar-refractivity contribution in [3.63, 3.8) is 0 Å². The lowest BCUT2D eigenvalue weighted by Gasteiger charge is -1.97. The molecule has 15 heavy (non-hydrogen) atoms. The van der Waals surface area contributed by atoms with Gasteiger partial charge < -0.3 is 0 Å². The van der Waals surface area contributed by atoms with E-state index in [0.717, 1.165) is 16.5 Å². The molecule has 1 aromatic rings. The fourth-order valence-electron chi connectivity index (χ4n) is 1.35. The maximum Gasteiger partial charge on any atom is 0.0248 e. The molecule has 0 spiro atoms. The normalized spacial score (nSPS) is 9.53. The predicted octanol–water partition coefficient (Wildman–Crippen LogP) is 4.69. The maximum atomic E-state index is 3.48. The number of aryl methyl sites for hydroxylation is 1. The van der Waals surface area contributed by atoms with E-state index < -0.39 is 0 Å². The van der Waals surface area contributed by atoms with Crippen molar-refractivity contribution >= 4 is 15.9 Å². The first-order chi connectivity index (χ1) is 7.24. The Morgan fingerprint density at radius 1 is 1.27 bits per heavy atom. The van der Waals surface area contributed by atoms with Crippen molar-refractivity contribution in [3.05, 3.63) is 33.8 Å². The molecule has 0 atom stereocenters. The Hall–Kier alpha value is -0.740. The van der Waals surface area contributed by atoms with Gasteiger partial charge in [-0.2, -0.15) is 0 Å². The third-order valence-corrected chi connectivity index (χ3v) is 3.19. The van der Waals surface area contributed by atoms with E-state index in [9.17, 15) is 0 Å². The Balaban J connectivity index is 2.53. The third kappa shape index (κ3) is 4.53. The minimum atomic E-state index is 1.02. The van der Waals surface area contributed by atoms with Gasteiger partial charge in [0.15, 0.2) is 0 Å². The molecule has 0 nitrogen and oxygen atoms in total. The zero-order chi connectivity index (χ0) is 11.1. The van der Waals surface area contributed by atoms with Gasteiger partial charge in [0.25, 0.3) is 0 Å². The minimum absolute atomic E-state index is 1.02. The summed E-state index contributed by atoms with van der Waals surface area (Å²) >= 11 is 3.48. The molecule has 1 aromatic carbocycles. The summed E-state index contributed by atoms with van der Waals surface area (Å²) in [6, 6.07) is 6.24. The maximum absolute atomic E-state index is 3.48. The minimum Gasteiger partial charge on any atom is -0.0979 e. The van der Waals surface area contributed by atoms with Crippen LogP contribution in [0.25, 0.3) is 0 Å². The lowest BCUT2D eigenvalue weighted by Crippen LogP contribution is -1.79. The van der Waals surface area contributed by atoms with Crippen LogP contribution in [0.3, 0.4) is 0 Å². The number of rotatable bonds is 3. The van der Waals surface area contributed by atoms with E-state index in [4.69, 9.17) is 0 Å². The van der Waals surface area contributed by atoms with Crippen LogP contribution in [0.5, 0.6) is 0 Å².